The van der Waals surface area contributed by atoms with Crippen LogP contribution in [-0.4, -0.2) is 37.7 Å². The second kappa shape index (κ2) is 5.13. The molecule has 0 unspecified atom stereocenters. The van der Waals surface area contributed by atoms with Crippen LogP contribution in [0, 0.1) is 0 Å². The van der Waals surface area contributed by atoms with Gasteiger partial charge in [-0.3, -0.25) is 9.69 Å². The number of hydrogen-bond acceptors (Lipinski definition) is 4. The maximum absolute atomic E-state index is 12.0. The van der Waals surface area contributed by atoms with E-state index in [4.69, 9.17) is 11.6 Å². The van der Waals surface area contributed by atoms with Crippen LogP contribution in [-0.2, 0) is 10.0 Å². The van der Waals surface area contributed by atoms with Gasteiger partial charge >= 0.3 is 6.03 Å². The van der Waals surface area contributed by atoms with E-state index in [0.29, 0.717) is 31.6 Å². The maximum atomic E-state index is 12.0. The van der Waals surface area contributed by atoms with Crippen LogP contribution in [0.4, 0.5) is 10.5 Å². The SMILES string of the molecule is O=C(NS(=O)(=O)C1(Cl)CC1)c1ccc(N2CCNC2=O)cc1. The van der Waals surface area contributed by atoms with Crippen LogP contribution in [0.2, 0.25) is 0 Å². The van der Waals surface area contributed by atoms with Gasteiger partial charge in [-0.2, -0.15) is 0 Å². The lowest BCUT2D eigenvalue weighted by Crippen LogP contribution is -2.37. The Kier molecular flexibility index (Phi) is 3.53. The molecule has 0 atom stereocenters. The molecule has 0 aromatic heterocycles. The van der Waals surface area contributed by atoms with E-state index < -0.39 is 20.1 Å². The lowest BCUT2D eigenvalue weighted by atomic mass is 10.2. The molecule has 1 saturated heterocycles. The van der Waals surface area contributed by atoms with Gasteiger partial charge in [0.2, 0.25) is 0 Å². The van der Waals surface area contributed by atoms with E-state index in [-0.39, 0.29) is 11.6 Å². The Bertz CT molecular complexity index is 728. The minimum Gasteiger partial charge on any atom is -0.336 e. The van der Waals surface area contributed by atoms with Crippen LogP contribution in [0.3, 0.4) is 0 Å². The van der Waals surface area contributed by atoms with Gasteiger partial charge in [0, 0.05) is 24.3 Å². The van der Waals surface area contributed by atoms with E-state index in [2.05, 4.69) is 5.32 Å². The summed E-state index contributed by atoms with van der Waals surface area (Å²) in [6.07, 6.45) is 0.667. The van der Waals surface area contributed by atoms with Crippen molar-refractivity contribution in [2.45, 2.75) is 17.0 Å². The summed E-state index contributed by atoms with van der Waals surface area (Å²) in [6.45, 7) is 1.12. The molecule has 3 rings (SSSR count). The molecule has 7 nitrogen and oxygen atoms in total. The molecule has 2 N–H and O–H groups in total. The standard InChI is InChI=1S/C13H14ClN3O4S/c14-13(5-6-13)22(20,21)16-11(18)9-1-3-10(4-2-9)17-8-7-15-12(17)19/h1-4H,5-8H2,(H,15,19)(H,16,18). The molecular weight excluding hydrogens is 330 g/mol. The van der Waals surface area contributed by atoms with Gasteiger partial charge in [0.25, 0.3) is 15.9 Å². The Hall–Kier alpha value is -1.80. The topological polar surface area (TPSA) is 95.6 Å². The van der Waals surface area contributed by atoms with E-state index in [1.165, 1.54) is 17.0 Å². The number of benzene rings is 1. The Balaban J connectivity index is 1.73. The van der Waals surface area contributed by atoms with Gasteiger partial charge in [-0.15, -0.1) is 0 Å². The van der Waals surface area contributed by atoms with Gasteiger partial charge in [-0.05, 0) is 37.1 Å². The number of amides is 3. The second-order valence-corrected chi connectivity index (χ2v) is 8.19. The van der Waals surface area contributed by atoms with Crippen LogP contribution >= 0.6 is 11.6 Å². The van der Waals surface area contributed by atoms with E-state index in [9.17, 15) is 18.0 Å². The fraction of sp³-hybridized carbons (Fsp3) is 0.385. The quantitative estimate of drug-likeness (QED) is 0.797. The average molecular weight is 344 g/mol. The minimum atomic E-state index is -3.88. The Morgan fingerprint density at radius 2 is 1.91 bits per heavy atom. The van der Waals surface area contributed by atoms with E-state index in [0.717, 1.165) is 0 Å². The largest absolute Gasteiger partial charge is 0.336 e. The zero-order valence-electron chi connectivity index (χ0n) is 11.5. The number of nitrogens with one attached hydrogen (secondary N) is 2. The fourth-order valence-electron chi connectivity index (χ4n) is 2.15. The van der Waals surface area contributed by atoms with Gasteiger partial charge in [0.15, 0.2) is 4.21 Å². The summed E-state index contributed by atoms with van der Waals surface area (Å²) in [7, 11) is -3.88. The molecule has 2 fully saturated rings. The summed E-state index contributed by atoms with van der Waals surface area (Å²) in [5.74, 6) is -0.732. The van der Waals surface area contributed by atoms with Crippen LogP contribution in [0.5, 0.6) is 0 Å². The number of nitrogens with zero attached hydrogens (tertiary/aromatic N) is 1. The van der Waals surface area contributed by atoms with E-state index >= 15 is 0 Å². The molecule has 0 radical (unpaired) electrons. The molecule has 0 spiro atoms. The molecule has 0 bridgehead atoms. The van der Waals surface area contributed by atoms with Crippen molar-refractivity contribution in [3.63, 3.8) is 0 Å². The lowest BCUT2D eigenvalue weighted by Gasteiger charge is -2.15. The summed E-state index contributed by atoms with van der Waals surface area (Å²) < 4.78 is 24.4. The number of carbonyl (C=O) groups excluding carboxylic acids is 2. The van der Waals surface area contributed by atoms with Crippen LogP contribution in [0.15, 0.2) is 24.3 Å². The molecule has 3 amide bonds. The summed E-state index contributed by atoms with van der Waals surface area (Å²) in [5.41, 5.74) is 0.832. The van der Waals surface area contributed by atoms with Crippen LogP contribution in [0.1, 0.15) is 23.2 Å². The highest BCUT2D eigenvalue weighted by Crippen LogP contribution is 2.46. The zero-order valence-corrected chi connectivity index (χ0v) is 13.1. The van der Waals surface area contributed by atoms with Crippen molar-refractivity contribution < 1.29 is 18.0 Å². The Morgan fingerprint density at radius 1 is 1.27 bits per heavy atom. The maximum Gasteiger partial charge on any atom is 0.321 e. The summed E-state index contributed by atoms with van der Waals surface area (Å²) >= 11 is 5.84. The Labute approximate surface area is 132 Å². The molecule has 9 heteroatoms. The number of sulfonamides is 1. The highest BCUT2D eigenvalue weighted by molar-refractivity contribution is 7.93. The van der Waals surface area contributed by atoms with Crippen LogP contribution < -0.4 is 14.9 Å². The first kappa shape index (κ1) is 15.1. The van der Waals surface area contributed by atoms with Gasteiger partial charge < -0.3 is 5.32 Å². The normalized spacial score (nSPS) is 19.7. The van der Waals surface area contributed by atoms with Crippen molar-refractivity contribution in [2.75, 3.05) is 18.0 Å². The third-order valence-corrected chi connectivity index (χ3v) is 6.46. The van der Waals surface area contributed by atoms with Crippen molar-refractivity contribution in [2.24, 2.45) is 0 Å². The molecule has 118 valence electrons. The van der Waals surface area contributed by atoms with E-state index in [1.807, 2.05) is 4.72 Å². The van der Waals surface area contributed by atoms with Crippen molar-refractivity contribution in [1.29, 1.82) is 0 Å². The van der Waals surface area contributed by atoms with Crippen molar-refractivity contribution in [3.8, 4) is 0 Å². The van der Waals surface area contributed by atoms with Gasteiger partial charge in [0.05, 0.1) is 0 Å². The zero-order chi connectivity index (χ0) is 16.0. The molecule has 1 saturated carbocycles. The fourth-order valence-corrected chi connectivity index (χ4v) is 3.54. The van der Waals surface area contributed by atoms with Crippen LogP contribution in [0.25, 0.3) is 0 Å². The van der Waals surface area contributed by atoms with Crippen molar-refractivity contribution in [3.05, 3.63) is 29.8 Å². The number of rotatable bonds is 4. The predicted octanol–water partition coefficient (Wildman–Crippen LogP) is 1.00. The van der Waals surface area contributed by atoms with Crippen molar-refractivity contribution >= 4 is 39.2 Å². The first-order valence-corrected chi connectivity index (χ1v) is 8.60. The lowest BCUT2D eigenvalue weighted by molar-refractivity contribution is 0.0981. The Morgan fingerprint density at radius 3 is 2.41 bits per heavy atom. The minimum absolute atomic E-state index is 0.188. The third-order valence-electron chi connectivity index (χ3n) is 3.65. The van der Waals surface area contributed by atoms with Gasteiger partial charge in [-0.25, -0.2) is 17.9 Å². The molecule has 22 heavy (non-hydrogen) atoms. The monoisotopic (exact) mass is 343 g/mol. The number of carbonyl (C=O) groups is 2. The highest BCUT2D eigenvalue weighted by atomic mass is 35.5. The summed E-state index contributed by atoms with van der Waals surface area (Å²) in [4.78, 5) is 25.1. The number of anilines is 1. The molecule has 1 heterocycles. The number of urea groups is 1. The first-order valence-electron chi connectivity index (χ1n) is 6.73. The molecule has 1 aliphatic carbocycles. The summed E-state index contributed by atoms with van der Waals surface area (Å²) in [6, 6.07) is 5.94. The number of halogens is 1. The molecule has 1 aromatic carbocycles. The first-order chi connectivity index (χ1) is 10.3. The van der Waals surface area contributed by atoms with E-state index in [1.54, 1.807) is 12.1 Å². The van der Waals surface area contributed by atoms with Crippen molar-refractivity contribution in [1.82, 2.24) is 10.0 Å². The second-order valence-electron chi connectivity index (χ2n) is 5.25. The van der Waals surface area contributed by atoms with Gasteiger partial charge in [-0.1, -0.05) is 11.6 Å². The summed E-state index contributed by atoms with van der Waals surface area (Å²) in [5, 5.41) is 2.67. The molecule has 1 aliphatic heterocycles. The molecule has 2 aliphatic rings. The number of hydrogen-bond donors (Lipinski definition) is 2. The highest BCUT2D eigenvalue weighted by Gasteiger charge is 2.54. The third kappa shape index (κ3) is 2.64. The van der Waals surface area contributed by atoms with Gasteiger partial charge in [0.1, 0.15) is 0 Å². The predicted molar refractivity (Wildman–Crippen MR) is 81.4 cm³/mol. The number of alkyl halides is 1. The molecular formula is C13H14ClN3O4S. The smallest absolute Gasteiger partial charge is 0.321 e. The average Bonchev–Trinajstić information content (AvgIpc) is 3.09. The molecule has 1 aromatic rings.